The zero-order chi connectivity index (χ0) is 10.7. The van der Waals surface area contributed by atoms with Gasteiger partial charge in [-0.05, 0) is 0 Å². The van der Waals surface area contributed by atoms with Gasteiger partial charge >= 0.3 is 5.97 Å². The Hall–Kier alpha value is -0.690. The topological polar surface area (TPSA) is 96.2 Å². The molecule has 14 heavy (non-hydrogen) atoms. The number of aliphatic hydroxyl groups is 2. The molecule has 4 atom stereocenters. The molecule has 0 aromatic carbocycles. The van der Waals surface area contributed by atoms with E-state index < -0.39 is 30.4 Å². The van der Waals surface area contributed by atoms with Gasteiger partial charge in [0.15, 0.2) is 6.29 Å². The van der Waals surface area contributed by atoms with Crippen molar-refractivity contribution in [2.45, 2.75) is 24.9 Å². The Bertz CT molecular complexity index is 204. The Balaban J connectivity index is 2.66. The predicted octanol–water partition coefficient (Wildman–Crippen LogP) is -1.20. The highest BCUT2D eigenvalue weighted by Gasteiger charge is 2.39. The van der Waals surface area contributed by atoms with Gasteiger partial charge < -0.3 is 24.8 Å². The van der Waals surface area contributed by atoms with Gasteiger partial charge in [0.1, 0.15) is 6.10 Å². The van der Waals surface area contributed by atoms with Crippen molar-refractivity contribution >= 4 is 5.97 Å². The van der Waals surface area contributed by atoms with E-state index in [1.807, 2.05) is 0 Å². The molecule has 6 nitrogen and oxygen atoms in total. The fraction of sp³-hybridized carbons (Fsp3) is 0.875. The Morgan fingerprint density at radius 1 is 1.57 bits per heavy atom. The van der Waals surface area contributed by atoms with Crippen molar-refractivity contribution < 1.29 is 29.6 Å². The molecular weight excluding hydrogens is 192 g/mol. The average molecular weight is 206 g/mol. The molecule has 4 unspecified atom stereocenters. The molecule has 0 bridgehead atoms. The summed E-state index contributed by atoms with van der Waals surface area (Å²) in [6.45, 7) is -0.0458. The van der Waals surface area contributed by atoms with Crippen molar-refractivity contribution in [3.8, 4) is 0 Å². The van der Waals surface area contributed by atoms with Crippen LogP contribution in [0.4, 0.5) is 0 Å². The monoisotopic (exact) mass is 206 g/mol. The molecule has 0 saturated carbocycles. The SMILES string of the molecule is COC1OCC(O)C(O)C1CC(=O)O. The van der Waals surface area contributed by atoms with Crippen LogP contribution in [0.1, 0.15) is 6.42 Å². The minimum Gasteiger partial charge on any atom is -0.481 e. The molecule has 1 aliphatic rings. The Kier molecular flexibility index (Phi) is 3.82. The molecule has 0 spiro atoms. The highest BCUT2D eigenvalue weighted by molar-refractivity contribution is 5.67. The first-order valence-corrected chi connectivity index (χ1v) is 4.28. The maximum atomic E-state index is 10.5. The molecule has 1 saturated heterocycles. The van der Waals surface area contributed by atoms with Crippen LogP contribution in [0.3, 0.4) is 0 Å². The van der Waals surface area contributed by atoms with E-state index in [0.29, 0.717) is 0 Å². The fourth-order valence-corrected chi connectivity index (χ4v) is 1.52. The zero-order valence-corrected chi connectivity index (χ0v) is 7.79. The molecule has 1 heterocycles. The van der Waals surface area contributed by atoms with Gasteiger partial charge in [-0.2, -0.15) is 0 Å². The lowest BCUT2D eigenvalue weighted by molar-refractivity contribution is -0.242. The van der Waals surface area contributed by atoms with E-state index >= 15 is 0 Å². The second-order valence-corrected chi connectivity index (χ2v) is 3.26. The molecule has 0 aromatic heterocycles. The summed E-state index contributed by atoms with van der Waals surface area (Å²) < 4.78 is 9.89. The van der Waals surface area contributed by atoms with Gasteiger partial charge in [0.25, 0.3) is 0 Å². The fourth-order valence-electron chi connectivity index (χ4n) is 1.52. The number of aliphatic carboxylic acids is 1. The quantitative estimate of drug-likeness (QED) is 0.537. The first-order chi connectivity index (χ1) is 6.56. The number of hydrogen-bond acceptors (Lipinski definition) is 5. The predicted molar refractivity (Wildman–Crippen MR) is 44.5 cm³/mol. The third-order valence-corrected chi connectivity index (χ3v) is 2.26. The van der Waals surface area contributed by atoms with Gasteiger partial charge in [0.2, 0.25) is 0 Å². The van der Waals surface area contributed by atoms with Crippen molar-refractivity contribution in [2.24, 2.45) is 5.92 Å². The normalized spacial score (nSPS) is 38.2. The van der Waals surface area contributed by atoms with Gasteiger partial charge in [-0.1, -0.05) is 0 Å². The van der Waals surface area contributed by atoms with Gasteiger partial charge in [-0.15, -0.1) is 0 Å². The molecule has 0 amide bonds. The summed E-state index contributed by atoms with van der Waals surface area (Å²) in [7, 11) is 1.37. The van der Waals surface area contributed by atoms with Crippen molar-refractivity contribution in [1.82, 2.24) is 0 Å². The molecule has 82 valence electrons. The number of aliphatic hydroxyl groups excluding tert-OH is 2. The van der Waals surface area contributed by atoms with Crippen LogP contribution in [0.15, 0.2) is 0 Å². The lowest BCUT2D eigenvalue weighted by Gasteiger charge is -2.36. The maximum Gasteiger partial charge on any atom is 0.303 e. The van der Waals surface area contributed by atoms with Gasteiger partial charge in [-0.25, -0.2) is 0 Å². The lowest BCUT2D eigenvalue weighted by atomic mass is 9.92. The zero-order valence-electron chi connectivity index (χ0n) is 7.79. The summed E-state index contributed by atoms with van der Waals surface area (Å²) in [6, 6.07) is 0. The maximum absolute atomic E-state index is 10.5. The van der Waals surface area contributed by atoms with E-state index in [4.69, 9.17) is 14.6 Å². The van der Waals surface area contributed by atoms with Crippen LogP contribution >= 0.6 is 0 Å². The number of hydrogen-bond donors (Lipinski definition) is 3. The molecular formula is C8H14O6. The van der Waals surface area contributed by atoms with Crippen LogP contribution in [0.5, 0.6) is 0 Å². The van der Waals surface area contributed by atoms with E-state index in [1.54, 1.807) is 0 Å². The van der Waals surface area contributed by atoms with Crippen LogP contribution in [0, 0.1) is 5.92 Å². The minimum atomic E-state index is -1.12. The molecule has 1 rings (SSSR count). The number of rotatable bonds is 3. The third kappa shape index (κ3) is 2.42. The van der Waals surface area contributed by atoms with Crippen LogP contribution in [0.25, 0.3) is 0 Å². The van der Waals surface area contributed by atoms with Gasteiger partial charge in [-0.3, -0.25) is 4.79 Å². The largest absolute Gasteiger partial charge is 0.481 e. The first kappa shape index (κ1) is 11.4. The minimum absolute atomic E-state index is 0.0458. The number of ether oxygens (including phenoxy) is 2. The van der Waals surface area contributed by atoms with Gasteiger partial charge in [0, 0.05) is 13.0 Å². The van der Waals surface area contributed by atoms with Crippen LogP contribution < -0.4 is 0 Å². The second-order valence-electron chi connectivity index (χ2n) is 3.26. The van der Waals surface area contributed by atoms with Crippen LogP contribution in [-0.2, 0) is 14.3 Å². The van der Waals surface area contributed by atoms with Crippen LogP contribution in [0.2, 0.25) is 0 Å². The Morgan fingerprint density at radius 3 is 2.71 bits per heavy atom. The highest BCUT2D eigenvalue weighted by Crippen LogP contribution is 2.25. The highest BCUT2D eigenvalue weighted by atomic mass is 16.7. The number of carbonyl (C=O) groups is 1. The van der Waals surface area contributed by atoms with Crippen molar-refractivity contribution in [1.29, 1.82) is 0 Å². The van der Waals surface area contributed by atoms with E-state index in [0.717, 1.165) is 0 Å². The van der Waals surface area contributed by atoms with E-state index in [9.17, 15) is 15.0 Å². The van der Waals surface area contributed by atoms with Crippen LogP contribution in [-0.4, -0.2) is 53.5 Å². The molecule has 1 fully saturated rings. The summed E-state index contributed by atoms with van der Waals surface area (Å²) in [5.74, 6) is -1.80. The second kappa shape index (κ2) is 4.70. The number of carboxylic acid groups (broad SMARTS) is 1. The van der Waals surface area contributed by atoms with E-state index in [2.05, 4.69) is 0 Å². The van der Waals surface area contributed by atoms with Gasteiger partial charge in [0.05, 0.1) is 19.1 Å². The van der Waals surface area contributed by atoms with Crippen molar-refractivity contribution in [3.05, 3.63) is 0 Å². The molecule has 0 aromatic rings. The van der Waals surface area contributed by atoms with E-state index in [-0.39, 0.29) is 13.0 Å². The van der Waals surface area contributed by atoms with Crippen molar-refractivity contribution in [2.75, 3.05) is 13.7 Å². The summed E-state index contributed by atoms with van der Waals surface area (Å²) in [5.41, 5.74) is 0. The lowest BCUT2D eigenvalue weighted by Crippen LogP contribution is -2.50. The third-order valence-electron chi connectivity index (χ3n) is 2.26. The summed E-state index contributed by atoms with van der Waals surface area (Å²) in [5, 5.41) is 27.3. The Labute approximate surface area is 81.1 Å². The number of carboxylic acids is 1. The summed E-state index contributed by atoms with van der Waals surface area (Å²) >= 11 is 0. The molecule has 6 heteroatoms. The molecule has 1 aliphatic heterocycles. The molecule has 3 N–H and O–H groups in total. The van der Waals surface area contributed by atoms with Crippen molar-refractivity contribution in [3.63, 3.8) is 0 Å². The van der Waals surface area contributed by atoms with E-state index in [1.165, 1.54) is 7.11 Å². The Morgan fingerprint density at radius 2 is 2.21 bits per heavy atom. The smallest absolute Gasteiger partial charge is 0.303 e. The summed E-state index contributed by atoms with van der Waals surface area (Å²) in [6.07, 6.45) is -3.24. The molecule has 0 aliphatic carbocycles. The molecule has 0 radical (unpaired) electrons. The summed E-state index contributed by atoms with van der Waals surface area (Å²) in [4.78, 5) is 10.5. The standard InChI is InChI=1S/C8H14O6/c1-13-8-4(2-6(10)11)7(12)5(9)3-14-8/h4-5,7-9,12H,2-3H2,1H3,(H,10,11). The number of methoxy groups -OCH3 is 1. The first-order valence-electron chi connectivity index (χ1n) is 4.28. The average Bonchev–Trinajstić information content (AvgIpc) is 2.13.